The van der Waals surface area contributed by atoms with Gasteiger partial charge in [0, 0.05) is 24.8 Å². The highest BCUT2D eigenvalue weighted by Crippen LogP contribution is 2.11. The molecule has 134 valence electrons. The summed E-state index contributed by atoms with van der Waals surface area (Å²) < 4.78 is 1.56. The van der Waals surface area contributed by atoms with Gasteiger partial charge in [-0.25, -0.2) is 9.97 Å². The molecule has 0 bridgehead atoms. The molecule has 0 aliphatic carbocycles. The maximum atomic E-state index is 11.8. The first-order valence-corrected chi connectivity index (χ1v) is 8.50. The van der Waals surface area contributed by atoms with E-state index >= 15 is 0 Å². The first-order valence-electron chi connectivity index (χ1n) is 8.50. The summed E-state index contributed by atoms with van der Waals surface area (Å²) in [7, 11) is 0. The van der Waals surface area contributed by atoms with Crippen LogP contribution in [0.25, 0.3) is 5.69 Å². The lowest BCUT2D eigenvalue weighted by Gasteiger charge is -2.15. The lowest BCUT2D eigenvalue weighted by atomic mass is 10.2. The SMILES string of the molecule is C[C@H](CCCNc1nccnn1)Nc1ccc(-n2ccccc2=O)cn1. The molecule has 0 spiro atoms. The van der Waals surface area contributed by atoms with Crippen LogP contribution in [-0.2, 0) is 0 Å². The van der Waals surface area contributed by atoms with E-state index in [1.54, 1.807) is 35.4 Å². The van der Waals surface area contributed by atoms with Gasteiger partial charge < -0.3 is 10.6 Å². The van der Waals surface area contributed by atoms with E-state index in [9.17, 15) is 4.79 Å². The van der Waals surface area contributed by atoms with Crippen molar-refractivity contribution < 1.29 is 0 Å². The second-order valence-corrected chi connectivity index (χ2v) is 5.89. The third-order valence-electron chi connectivity index (χ3n) is 3.82. The summed E-state index contributed by atoms with van der Waals surface area (Å²) in [6, 6.07) is 9.10. The third-order valence-corrected chi connectivity index (χ3v) is 3.82. The molecule has 0 amide bonds. The fourth-order valence-corrected chi connectivity index (χ4v) is 2.52. The maximum Gasteiger partial charge on any atom is 0.255 e. The minimum absolute atomic E-state index is 0.0755. The number of nitrogens with zero attached hydrogens (tertiary/aromatic N) is 5. The molecule has 0 saturated carbocycles. The van der Waals surface area contributed by atoms with Gasteiger partial charge in [-0.15, -0.1) is 5.10 Å². The Morgan fingerprint density at radius 1 is 1.15 bits per heavy atom. The Morgan fingerprint density at radius 3 is 2.81 bits per heavy atom. The average Bonchev–Trinajstić information content (AvgIpc) is 2.67. The molecule has 0 unspecified atom stereocenters. The Kier molecular flexibility index (Phi) is 5.87. The van der Waals surface area contributed by atoms with Crippen LogP contribution in [0.15, 0.2) is 59.9 Å². The van der Waals surface area contributed by atoms with Crippen molar-refractivity contribution in [2.75, 3.05) is 17.2 Å². The molecule has 0 fully saturated rings. The topological polar surface area (TPSA) is 97.6 Å². The van der Waals surface area contributed by atoms with E-state index in [0.717, 1.165) is 30.9 Å². The molecule has 3 aromatic heterocycles. The van der Waals surface area contributed by atoms with E-state index in [4.69, 9.17) is 0 Å². The summed E-state index contributed by atoms with van der Waals surface area (Å²) in [5.41, 5.74) is 0.669. The fourth-order valence-electron chi connectivity index (χ4n) is 2.52. The molecule has 0 aliphatic rings. The smallest absolute Gasteiger partial charge is 0.255 e. The number of aromatic nitrogens is 5. The number of anilines is 2. The van der Waals surface area contributed by atoms with Crippen LogP contribution in [0.2, 0.25) is 0 Å². The van der Waals surface area contributed by atoms with Crippen molar-refractivity contribution in [2.45, 2.75) is 25.8 Å². The molecule has 0 radical (unpaired) electrons. The lowest BCUT2D eigenvalue weighted by Crippen LogP contribution is -2.18. The normalized spacial score (nSPS) is 11.7. The van der Waals surface area contributed by atoms with Crippen molar-refractivity contribution in [3.63, 3.8) is 0 Å². The Hall–Kier alpha value is -3.29. The van der Waals surface area contributed by atoms with Gasteiger partial charge in [0.25, 0.3) is 5.56 Å². The van der Waals surface area contributed by atoms with Crippen LogP contribution in [0, 0.1) is 0 Å². The number of pyridine rings is 2. The van der Waals surface area contributed by atoms with Crippen LogP contribution in [0.5, 0.6) is 0 Å². The second kappa shape index (κ2) is 8.70. The highest BCUT2D eigenvalue weighted by atomic mass is 16.1. The molecule has 1 atom stereocenters. The van der Waals surface area contributed by atoms with Crippen LogP contribution < -0.4 is 16.2 Å². The number of rotatable bonds is 8. The zero-order valence-electron chi connectivity index (χ0n) is 14.5. The molecular formula is C18H21N7O. The molecule has 3 heterocycles. The molecule has 0 aliphatic heterocycles. The molecule has 3 rings (SSSR count). The van der Waals surface area contributed by atoms with Gasteiger partial charge in [0.2, 0.25) is 5.95 Å². The average molecular weight is 351 g/mol. The van der Waals surface area contributed by atoms with E-state index in [0.29, 0.717) is 5.95 Å². The standard InChI is InChI=1S/C18H21N7O/c1-14(5-4-9-19-18-20-10-11-22-24-18)23-16-8-7-15(13-21-16)25-12-3-2-6-17(25)26/h2-3,6-8,10-14H,4-5,9H2,1H3,(H,21,23)(H,19,20,24)/t14-/m1/s1. The van der Waals surface area contributed by atoms with Gasteiger partial charge in [0.05, 0.1) is 24.3 Å². The maximum absolute atomic E-state index is 11.8. The van der Waals surface area contributed by atoms with Gasteiger partial charge in [0.1, 0.15) is 5.82 Å². The first-order chi connectivity index (χ1) is 12.7. The zero-order valence-corrected chi connectivity index (χ0v) is 14.5. The minimum Gasteiger partial charge on any atom is -0.368 e. The van der Waals surface area contributed by atoms with Crippen LogP contribution in [-0.4, -0.2) is 37.3 Å². The molecule has 0 saturated heterocycles. The Labute approximate surface area is 151 Å². The van der Waals surface area contributed by atoms with Gasteiger partial charge in [0.15, 0.2) is 0 Å². The summed E-state index contributed by atoms with van der Waals surface area (Å²) in [5, 5.41) is 14.2. The van der Waals surface area contributed by atoms with E-state index < -0.39 is 0 Å². The highest BCUT2D eigenvalue weighted by Gasteiger charge is 2.05. The quantitative estimate of drug-likeness (QED) is 0.600. The highest BCUT2D eigenvalue weighted by molar-refractivity contribution is 5.41. The summed E-state index contributed by atoms with van der Waals surface area (Å²) in [5.74, 6) is 1.33. The fraction of sp³-hybridized carbons (Fsp3) is 0.278. The molecular weight excluding hydrogens is 330 g/mol. The van der Waals surface area contributed by atoms with Crippen LogP contribution in [0.1, 0.15) is 19.8 Å². The van der Waals surface area contributed by atoms with Crippen LogP contribution in [0.4, 0.5) is 11.8 Å². The minimum atomic E-state index is -0.0755. The van der Waals surface area contributed by atoms with E-state index in [1.807, 2.05) is 18.2 Å². The summed E-state index contributed by atoms with van der Waals surface area (Å²) in [6.07, 6.45) is 8.51. The predicted molar refractivity (Wildman–Crippen MR) is 100 cm³/mol. The van der Waals surface area contributed by atoms with Crippen molar-refractivity contribution in [3.8, 4) is 5.69 Å². The van der Waals surface area contributed by atoms with Crippen molar-refractivity contribution in [1.82, 2.24) is 24.7 Å². The Balaban J connectivity index is 1.46. The van der Waals surface area contributed by atoms with Crippen LogP contribution >= 0.6 is 0 Å². The number of nitrogens with one attached hydrogen (secondary N) is 2. The van der Waals surface area contributed by atoms with Crippen LogP contribution in [0.3, 0.4) is 0 Å². The van der Waals surface area contributed by atoms with Gasteiger partial charge >= 0.3 is 0 Å². The van der Waals surface area contributed by atoms with Gasteiger partial charge in [-0.2, -0.15) is 5.10 Å². The molecule has 3 aromatic rings. The van der Waals surface area contributed by atoms with Crippen molar-refractivity contribution in [2.24, 2.45) is 0 Å². The summed E-state index contributed by atoms with van der Waals surface area (Å²) >= 11 is 0. The first kappa shape index (κ1) is 17.5. The third kappa shape index (κ3) is 4.85. The summed E-state index contributed by atoms with van der Waals surface area (Å²) in [4.78, 5) is 20.3. The lowest BCUT2D eigenvalue weighted by molar-refractivity contribution is 0.668. The molecule has 2 N–H and O–H groups in total. The Bertz CT molecular complexity index is 864. The van der Waals surface area contributed by atoms with Crippen molar-refractivity contribution in [1.29, 1.82) is 0 Å². The van der Waals surface area contributed by atoms with Gasteiger partial charge in [-0.05, 0) is 38.0 Å². The predicted octanol–water partition coefficient (Wildman–Crippen LogP) is 2.11. The second-order valence-electron chi connectivity index (χ2n) is 5.89. The van der Waals surface area contributed by atoms with E-state index in [-0.39, 0.29) is 11.6 Å². The van der Waals surface area contributed by atoms with Crippen molar-refractivity contribution in [3.05, 3.63) is 65.5 Å². The van der Waals surface area contributed by atoms with Gasteiger partial charge in [-0.3, -0.25) is 9.36 Å². The monoisotopic (exact) mass is 351 g/mol. The van der Waals surface area contributed by atoms with Crippen molar-refractivity contribution >= 4 is 11.8 Å². The van der Waals surface area contributed by atoms with E-state index in [1.165, 1.54) is 6.07 Å². The molecule has 8 heteroatoms. The molecule has 26 heavy (non-hydrogen) atoms. The molecule has 8 nitrogen and oxygen atoms in total. The number of hydrogen-bond acceptors (Lipinski definition) is 7. The zero-order chi connectivity index (χ0) is 18.2. The Morgan fingerprint density at radius 2 is 2.08 bits per heavy atom. The van der Waals surface area contributed by atoms with E-state index in [2.05, 4.69) is 37.7 Å². The summed E-state index contributed by atoms with van der Waals surface area (Å²) in [6.45, 7) is 2.89. The number of hydrogen-bond donors (Lipinski definition) is 2. The molecule has 0 aromatic carbocycles. The largest absolute Gasteiger partial charge is 0.368 e. The van der Waals surface area contributed by atoms with Gasteiger partial charge in [-0.1, -0.05) is 6.07 Å².